The molecule has 180 valence electrons. The molecule has 2 aliphatic carbocycles. The first-order valence-electron chi connectivity index (χ1n) is 10.2. The first kappa shape index (κ1) is 24.9. The number of nitrogens with one attached hydrogen (secondary N) is 1. The van der Waals surface area contributed by atoms with Crippen LogP contribution in [0.5, 0.6) is 0 Å². The summed E-state index contributed by atoms with van der Waals surface area (Å²) in [5.41, 5.74) is 5.01. The highest BCUT2D eigenvalue weighted by Gasteiger charge is 2.83. The van der Waals surface area contributed by atoms with Gasteiger partial charge in [0.2, 0.25) is 0 Å². The fraction of sp³-hybridized carbons (Fsp3) is 0.364. The fourth-order valence-electron chi connectivity index (χ4n) is 4.45. The number of benzene rings is 2. The van der Waals surface area contributed by atoms with Crippen LogP contribution in [0.3, 0.4) is 0 Å². The fourth-order valence-corrected chi connectivity index (χ4v) is 5.52. The third-order valence-electron chi connectivity index (χ3n) is 6.33. The number of nitrogens with two attached hydrogens (primary N) is 1. The number of halogens is 3. The van der Waals surface area contributed by atoms with Gasteiger partial charge < -0.3 is 10.5 Å². The van der Waals surface area contributed by atoms with Crippen LogP contribution in [0, 0.1) is 30.1 Å². The minimum atomic E-state index is -4.36. The Morgan fingerprint density at radius 3 is 2.56 bits per heavy atom. The number of carbonyl (C=O) groups is 1. The van der Waals surface area contributed by atoms with E-state index in [-0.39, 0.29) is 17.9 Å². The summed E-state index contributed by atoms with van der Waals surface area (Å²) in [6.45, 7) is 1.82. The number of nitriles is 1. The smallest absolute Gasteiger partial charge is 0.317 e. The zero-order valence-electron chi connectivity index (χ0n) is 17.8. The molecule has 5 atom stereocenters. The number of hydroxylamine groups is 1. The second kappa shape index (κ2) is 8.75. The van der Waals surface area contributed by atoms with Crippen LogP contribution in [-0.2, 0) is 30.5 Å². The second-order valence-corrected chi connectivity index (χ2v) is 10.8. The SMILES string of the molecule is Cc1ccc(S(=O)(=O)ONC(=O)[C@@]2(F)[C@@H]3C[C@@H](OCc4ccc(Cl)c(Cl)c4)[C@@](N)(C#N)[C@@H]32)cc1. The first-order valence-corrected chi connectivity index (χ1v) is 12.3. The highest BCUT2D eigenvalue weighted by atomic mass is 35.5. The molecule has 34 heavy (non-hydrogen) atoms. The van der Waals surface area contributed by atoms with Gasteiger partial charge in [0, 0.05) is 11.8 Å². The first-order chi connectivity index (χ1) is 15.9. The van der Waals surface area contributed by atoms with Gasteiger partial charge in [0.25, 0.3) is 5.91 Å². The van der Waals surface area contributed by atoms with Gasteiger partial charge in [-0.2, -0.15) is 13.7 Å². The molecule has 0 spiro atoms. The number of aryl methyl sites for hydroxylation is 1. The zero-order valence-corrected chi connectivity index (χ0v) is 20.1. The van der Waals surface area contributed by atoms with Crippen molar-refractivity contribution in [2.45, 2.75) is 42.2 Å². The number of amides is 1. The summed E-state index contributed by atoms with van der Waals surface area (Å²) in [4.78, 5) is 12.3. The van der Waals surface area contributed by atoms with E-state index in [1.165, 1.54) is 12.1 Å². The average molecular weight is 528 g/mol. The van der Waals surface area contributed by atoms with E-state index in [4.69, 9.17) is 33.7 Å². The number of nitrogens with zero attached hydrogens (tertiary/aromatic N) is 1. The Kier molecular flexibility index (Phi) is 6.40. The molecular weight excluding hydrogens is 508 g/mol. The lowest BCUT2D eigenvalue weighted by Gasteiger charge is -2.30. The molecule has 2 saturated carbocycles. The molecule has 2 aromatic rings. The van der Waals surface area contributed by atoms with Crippen molar-refractivity contribution in [2.24, 2.45) is 17.6 Å². The van der Waals surface area contributed by atoms with Gasteiger partial charge in [0.15, 0.2) is 5.67 Å². The topological polar surface area (TPSA) is 132 Å². The molecule has 12 heteroatoms. The minimum Gasteiger partial charge on any atom is -0.370 e. The summed E-state index contributed by atoms with van der Waals surface area (Å²) in [6.07, 6.45) is -0.860. The van der Waals surface area contributed by atoms with Crippen LogP contribution in [0.15, 0.2) is 47.4 Å². The quantitative estimate of drug-likeness (QED) is 0.528. The average Bonchev–Trinajstić information content (AvgIpc) is 3.29. The molecule has 2 aliphatic rings. The summed E-state index contributed by atoms with van der Waals surface area (Å²) >= 11 is 11.9. The summed E-state index contributed by atoms with van der Waals surface area (Å²) in [5.74, 6) is -3.43. The molecule has 2 aromatic carbocycles. The molecule has 3 N–H and O–H groups in total. The lowest BCUT2D eigenvalue weighted by Crippen LogP contribution is -2.55. The van der Waals surface area contributed by atoms with Gasteiger partial charge in [-0.1, -0.05) is 47.0 Å². The predicted molar refractivity (Wildman–Crippen MR) is 121 cm³/mol. The Hall–Kier alpha value is -2.26. The van der Waals surface area contributed by atoms with Crippen molar-refractivity contribution in [1.82, 2.24) is 5.48 Å². The molecule has 0 bridgehead atoms. The van der Waals surface area contributed by atoms with Crippen LogP contribution in [0.4, 0.5) is 4.39 Å². The van der Waals surface area contributed by atoms with Crippen molar-refractivity contribution in [1.29, 1.82) is 5.26 Å². The predicted octanol–water partition coefficient (Wildman–Crippen LogP) is 3.20. The third-order valence-corrected chi connectivity index (χ3v) is 8.22. The summed E-state index contributed by atoms with van der Waals surface area (Å²) < 4.78 is 50.4. The normalized spacial score (nSPS) is 29.8. The maximum absolute atomic E-state index is 15.5. The molecule has 0 unspecified atom stereocenters. The van der Waals surface area contributed by atoms with Crippen molar-refractivity contribution in [2.75, 3.05) is 0 Å². The van der Waals surface area contributed by atoms with E-state index in [2.05, 4.69) is 4.28 Å². The number of hydrogen-bond donors (Lipinski definition) is 2. The Morgan fingerprint density at radius 2 is 1.94 bits per heavy atom. The summed E-state index contributed by atoms with van der Waals surface area (Å²) in [7, 11) is -4.36. The van der Waals surface area contributed by atoms with Crippen LogP contribution >= 0.6 is 23.2 Å². The van der Waals surface area contributed by atoms with Gasteiger partial charge in [0.1, 0.15) is 5.54 Å². The Morgan fingerprint density at radius 1 is 1.26 bits per heavy atom. The number of alkyl halides is 1. The van der Waals surface area contributed by atoms with E-state index in [0.717, 1.165) is 5.56 Å². The summed E-state index contributed by atoms with van der Waals surface area (Å²) in [5, 5.41) is 10.4. The van der Waals surface area contributed by atoms with Crippen molar-refractivity contribution >= 4 is 39.2 Å². The number of rotatable bonds is 7. The van der Waals surface area contributed by atoms with Crippen molar-refractivity contribution in [3.8, 4) is 6.07 Å². The standard InChI is InChI=1S/C22H20Cl2FN3O5S/c1-12-2-5-14(6-3-12)34(30,31)33-28-20(29)22(25)15-9-18(21(27,11-26)19(15)22)32-10-13-4-7-16(23)17(24)8-13/h2-8,15,18-19H,9-10,27H2,1H3,(H,28,29)/t15-,18-,19-,21+,22-/m1/s1. The van der Waals surface area contributed by atoms with E-state index >= 15 is 4.39 Å². The maximum Gasteiger partial charge on any atom is 0.317 e. The lowest BCUT2D eigenvalue weighted by molar-refractivity contribution is -0.137. The maximum atomic E-state index is 15.5. The van der Waals surface area contributed by atoms with E-state index in [1.54, 1.807) is 42.7 Å². The highest BCUT2D eigenvalue weighted by Crippen LogP contribution is 2.67. The van der Waals surface area contributed by atoms with E-state index in [1.807, 2.05) is 6.07 Å². The Labute approximate surface area is 205 Å². The molecule has 0 saturated heterocycles. The van der Waals surface area contributed by atoms with Crippen LogP contribution in [0.25, 0.3) is 0 Å². The number of hydrogen-bond acceptors (Lipinski definition) is 7. The molecule has 0 radical (unpaired) electrons. The van der Waals surface area contributed by atoms with Gasteiger partial charge in [0.05, 0.1) is 33.7 Å². The van der Waals surface area contributed by atoms with Gasteiger partial charge >= 0.3 is 10.1 Å². The number of fused-ring (bicyclic) bond motifs is 1. The van der Waals surface area contributed by atoms with Gasteiger partial charge in [-0.25, -0.2) is 9.87 Å². The summed E-state index contributed by atoms with van der Waals surface area (Å²) in [6, 6.07) is 12.5. The minimum absolute atomic E-state index is 0.00925. The van der Waals surface area contributed by atoms with E-state index in [9.17, 15) is 18.5 Å². The van der Waals surface area contributed by atoms with Crippen LogP contribution in [0.2, 0.25) is 10.0 Å². The Bertz CT molecular complexity index is 1290. The van der Waals surface area contributed by atoms with E-state index in [0.29, 0.717) is 15.6 Å². The van der Waals surface area contributed by atoms with Gasteiger partial charge in [-0.3, -0.25) is 4.79 Å². The van der Waals surface area contributed by atoms with Crippen molar-refractivity contribution in [3.63, 3.8) is 0 Å². The lowest BCUT2D eigenvalue weighted by atomic mass is 9.89. The third kappa shape index (κ3) is 4.17. The largest absolute Gasteiger partial charge is 0.370 e. The molecular formula is C22H20Cl2FN3O5S. The monoisotopic (exact) mass is 527 g/mol. The van der Waals surface area contributed by atoms with Gasteiger partial charge in [-0.15, -0.1) is 4.28 Å². The van der Waals surface area contributed by atoms with Crippen LogP contribution in [-0.4, -0.2) is 31.6 Å². The molecule has 0 aliphatic heterocycles. The second-order valence-electron chi connectivity index (χ2n) is 8.46. The number of carbonyl (C=O) groups excluding carboxylic acids is 1. The highest BCUT2D eigenvalue weighted by molar-refractivity contribution is 7.86. The zero-order chi connectivity index (χ0) is 24.9. The van der Waals surface area contributed by atoms with Gasteiger partial charge in [-0.05, 0) is 43.2 Å². The van der Waals surface area contributed by atoms with Crippen molar-refractivity contribution in [3.05, 3.63) is 63.6 Å². The molecule has 0 heterocycles. The molecule has 4 rings (SSSR count). The molecule has 8 nitrogen and oxygen atoms in total. The van der Waals surface area contributed by atoms with Crippen LogP contribution in [0.1, 0.15) is 17.5 Å². The Balaban J connectivity index is 1.41. The number of ether oxygens (including phenoxy) is 1. The van der Waals surface area contributed by atoms with Crippen LogP contribution < -0.4 is 11.2 Å². The van der Waals surface area contributed by atoms with Crippen molar-refractivity contribution < 1.29 is 26.6 Å². The molecule has 1 amide bonds. The molecule has 2 fully saturated rings. The van der Waals surface area contributed by atoms with E-state index < -0.39 is 45.2 Å². The molecule has 0 aromatic heterocycles.